The summed E-state index contributed by atoms with van der Waals surface area (Å²) >= 11 is 5.00. The zero-order valence-electron chi connectivity index (χ0n) is 16.3. The Labute approximate surface area is 180 Å². The number of allylic oxidation sites excluding steroid dienone is 1. The van der Waals surface area contributed by atoms with Gasteiger partial charge < -0.3 is 4.42 Å². The lowest BCUT2D eigenvalue weighted by atomic mass is 10.2. The number of rotatable bonds is 8. The lowest BCUT2D eigenvalue weighted by Crippen LogP contribution is -2.03. The van der Waals surface area contributed by atoms with Gasteiger partial charge in [-0.05, 0) is 66.5 Å². The lowest BCUT2D eigenvalue weighted by molar-refractivity contribution is -0.386. The second kappa shape index (κ2) is 8.87. The summed E-state index contributed by atoms with van der Waals surface area (Å²) in [4.78, 5) is 25.0. The monoisotopic (exact) mass is 477 g/mol. The topological polar surface area (TPSA) is 91.2 Å². The Hall–Kier alpha value is -2.52. The van der Waals surface area contributed by atoms with Crippen LogP contribution in [0.2, 0.25) is 0 Å². The first-order chi connectivity index (χ1) is 13.8. The van der Waals surface area contributed by atoms with Crippen LogP contribution in [0.25, 0.3) is 6.08 Å². The van der Waals surface area contributed by atoms with Gasteiger partial charge in [0.25, 0.3) is 0 Å². The van der Waals surface area contributed by atoms with Gasteiger partial charge in [-0.3, -0.25) is 19.6 Å². The predicted molar refractivity (Wildman–Crippen MR) is 116 cm³/mol. The van der Waals surface area contributed by atoms with Crippen LogP contribution in [0.3, 0.4) is 0 Å². The van der Waals surface area contributed by atoms with Gasteiger partial charge in [0.2, 0.25) is 0 Å². The van der Waals surface area contributed by atoms with Gasteiger partial charge >= 0.3 is 5.69 Å². The highest BCUT2D eigenvalue weighted by Gasteiger charge is 2.22. The quantitative estimate of drug-likeness (QED) is 0.179. The Morgan fingerprint density at radius 3 is 2.83 bits per heavy atom. The van der Waals surface area contributed by atoms with E-state index in [0.717, 1.165) is 17.3 Å². The van der Waals surface area contributed by atoms with Crippen LogP contribution in [0.5, 0.6) is 0 Å². The molecular weight excluding hydrogens is 458 g/mol. The number of hydrogen-bond acceptors (Lipinski definition) is 6. The van der Waals surface area contributed by atoms with E-state index < -0.39 is 4.92 Å². The van der Waals surface area contributed by atoms with Crippen LogP contribution in [-0.4, -0.2) is 20.5 Å². The number of aryl methyl sites for hydroxylation is 2. The van der Waals surface area contributed by atoms with E-state index in [1.54, 1.807) is 36.7 Å². The molecule has 0 aliphatic rings. The maximum atomic E-state index is 12.4. The smallest absolute Gasteiger partial charge is 0.312 e. The number of carbonyl (C=O) groups is 1. The van der Waals surface area contributed by atoms with Gasteiger partial charge in [0, 0.05) is 9.35 Å². The first-order valence-corrected chi connectivity index (χ1v) is 10.7. The Balaban J connectivity index is 1.70. The van der Waals surface area contributed by atoms with E-state index >= 15 is 0 Å². The number of ketones is 1. The van der Waals surface area contributed by atoms with Crippen molar-refractivity contribution in [1.82, 2.24) is 9.78 Å². The first-order valence-electron chi connectivity index (χ1n) is 9.07. The molecule has 9 heteroatoms. The van der Waals surface area contributed by atoms with E-state index in [2.05, 4.69) is 28.0 Å². The standard InChI is InChI=1S/C20H20BrN3O4S/c1-4-5-18-16(21)10-19(29-18)17(25)9-8-14-6-7-15(28-14)11-23-13(3)20(24(26)27)12(2)22-23/h6-10H,4-5,11H2,1-3H3/b9-8+. The summed E-state index contributed by atoms with van der Waals surface area (Å²) in [7, 11) is 0. The largest absolute Gasteiger partial charge is 0.460 e. The predicted octanol–water partition coefficient (Wildman–Crippen LogP) is 5.72. The summed E-state index contributed by atoms with van der Waals surface area (Å²) in [5, 5.41) is 15.3. The maximum Gasteiger partial charge on any atom is 0.312 e. The molecule has 0 bridgehead atoms. The Morgan fingerprint density at radius 2 is 2.17 bits per heavy atom. The molecule has 0 amide bonds. The zero-order valence-corrected chi connectivity index (χ0v) is 18.7. The van der Waals surface area contributed by atoms with Crippen molar-refractivity contribution in [2.75, 3.05) is 0 Å². The third-order valence-corrected chi connectivity index (χ3v) is 6.57. The van der Waals surface area contributed by atoms with E-state index in [4.69, 9.17) is 4.42 Å². The van der Waals surface area contributed by atoms with Crippen molar-refractivity contribution in [3.05, 3.63) is 71.5 Å². The number of furan rings is 1. The molecule has 0 aliphatic heterocycles. The minimum Gasteiger partial charge on any atom is -0.460 e. The third kappa shape index (κ3) is 4.73. The van der Waals surface area contributed by atoms with Gasteiger partial charge in [-0.25, -0.2) is 0 Å². The summed E-state index contributed by atoms with van der Waals surface area (Å²) in [6.45, 7) is 5.65. The highest BCUT2D eigenvalue weighted by atomic mass is 79.9. The molecular formula is C20H20BrN3O4S. The van der Waals surface area contributed by atoms with Crippen molar-refractivity contribution >= 4 is 44.8 Å². The summed E-state index contributed by atoms with van der Waals surface area (Å²) in [5.41, 5.74) is 0.864. The van der Waals surface area contributed by atoms with Crippen molar-refractivity contribution in [3.8, 4) is 0 Å². The molecule has 152 valence electrons. The second-order valence-corrected chi connectivity index (χ2v) is 8.56. The maximum absolute atomic E-state index is 12.4. The summed E-state index contributed by atoms with van der Waals surface area (Å²) in [5.74, 6) is 1.06. The average Bonchev–Trinajstić information content (AvgIpc) is 3.33. The van der Waals surface area contributed by atoms with Gasteiger partial charge in [-0.15, -0.1) is 11.3 Å². The van der Waals surface area contributed by atoms with Crippen molar-refractivity contribution in [2.24, 2.45) is 0 Å². The average molecular weight is 478 g/mol. The van der Waals surface area contributed by atoms with E-state index in [1.807, 2.05) is 6.07 Å². The molecule has 0 unspecified atom stereocenters. The summed E-state index contributed by atoms with van der Waals surface area (Å²) in [6.07, 6.45) is 5.08. The number of thiophene rings is 1. The minimum absolute atomic E-state index is 0.0202. The molecule has 3 rings (SSSR count). The van der Waals surface area contributed by atoms with Crippen molar-refractivity contribution < 1.29 is 14.1 Å². The van der Waals surface area contributed by atoms with Crippen molar-refractivity contribution in [3.63, 3.8) is 0 Å². The normalized spacial score (nSPS) is 11.4. The van der Waals surface area contributed by atoms with Crippen LogP contribution in [-0.2, 0) is 13.0 Å². The molecule has 3 aromatic heterocycles. The first kappa shape index (κ1) is 21.2. The van der Waals surface area contributed by atoms with E-state index in [-0.39, 0.29) is 18.0 Å². The number of nitro groups is 1. The molecule has 3 aromatic rings. The molecule has 0 radical (unpaired) electrons. The highest BCUT2D eigenvalue weighted by molar-refractivity contribution is 9.10. The number of aromatic nitrogens is 2. The molecule has 29 heavy (non-hydrogen) atoms. The van der Waals surface area contributed by atoms with Gasteiger partial charge in [-0.1, -0.05) is 13.3 Å². The number of hydrogen-bond donors (Lipinski definition) is 0. The molecule has 7 nitrogen and oxygen atoms in total. The fraction of sp³-hybridized carbons (Fsp3) is 0.300. The molecule has 3 heterocycles. The van der Waals surface area contributed by atoms with Crippen molar-refractivity contribution in [1.29, 1.82) is 0 Å². The van der Waals surface area contributed by atoms with Gasteiger partial charge in [0.05, 0.1) is 16.3 Å². The second-order valence-electron chi connectivity index (χ2n) is 6.57. The molecule has 0 N–H and O–H groups in total. The number of nitrogens with zero attached hydrogens (tertiary/aromatic N) is 3. The van der Waals surface area contributed by atoms with Crippen LogP contribution in [0, 0.1) is 24.0 Å². The fourth-order valence-corrected chi connectivity index (χ4v) is 4.88. The van der Waals surface area contributed by atoms with E-state index in [1.165, 1.54) is 22.3 Å². The molecule has 0 aromatic carbocycles. The Kier molecular flexibility index (Phi) is 6.49. The highest BCUT2D eigenvalue weighted by Crippen LogP contribution is 2.29. The van der Waals surface area contributed by atoms with E-state index in [0.29, 0.717) is 27.8 Å². The zero-order chi connectivity index (χ0) is 21.1. The summed E-state index contributed by atoms with van der Waals surface area (Å²) in [6, 6.07) is 5.38. The molecule has 0 saturated heterocycles. The van der Waals surface area contributed by atoms with Crippen molar-refractivity contribution in [2.45, 2.75) is 40.2 Å². The van der Waals surface area contributed by atoms with Crippen LogP contribution in [0.1, 0.15) is 50.8 Å². The molecule has 0 spiro atoms. The van der Waals surface area contributed by atoms with Gasteiger partial charge in [0.15, 0.2) is 5.78 Å². The van der Waals surface area contributed by atoms with Crippen LogP contribution >= 0.6 is 27.3 Å². The number of carbonyl (C=O) groups excluding carboxylic acids is 1. The summed E-state index contributed by atoms with van der Waals surface area (Å²) < 4.78 is 8.25. The van der Waals surface area contributed by atoms with Gasteiger partial charge in [-0.2, -0.15) is 5.10 Å². The molecule has 0 fully saturated rings. The molecule has 0 aliphatic carbocycles. The minimum atomic E-state index is -0.426. The van der Waals surface area contributed by atoms with Crippen LogP contribution in [0.15, 0.2) is 33.2 Å². The van der Waals surface area contributed by atoms with Crippen LogP contribution in [0.4, 0.5) is 5.69 Å². The van der Waals surface area contributed by atoms with E-state index in [9.17, 15) is 14.9 Å². The molecule has 0 atom stereocenters. The third-order valence-electron chi connectivity index (χ3n) is 4.39. The Morgan fingerprint density at radius 1 is 1.41 bits per heavy atom. The molecule has 0 saturated carbocycles. The fourth-order valence-electron chi connectivity index (χ4n) is 2.99. The lowest BCUT2D eigenvalue weighted by Gasteiger charge is -2.00. The van der Waals surface area contributed by atoms with Crippen LogP contribution < -0.4 is 0 Å². The van der Waals surface area contributed by atoms with Gasteiger partial charge in [0.1, 0.15) is 22.9 Å². The number of halogens is 1. The SMILES string of the molecule is CCCc1sc(C(=O)/C=C/c2ccc(Cn3nc(C)c([N+](=O)[O-])c3C)o2)cc1Br. The Bertz CT molecular complexity index is 1090.